The summed E-state index contributed by atoms with van der Waals surface area (Å²) in [6.07, 6.45) is 1.43. The minimum Gasteiger partial charge on any atom is -0.457 e. The summed E-state index contributed by atoms with van der Waals surface area (Å²) in [4.78, 5) is 27.9. The van der Waals surface area contributed by atoms with Gasteiger partial charge in [-0.15, -0.1) is 0 Å². The van der Waals surface area contributed by atoms with Crippen LogP contribution in [-0.4, -0.2) is 11.0 Å². The predicted octanol–water partition coefficient (Wildman–Crippen LogP) is 4.35. The highest BCUT2D eigenvalue weighted by Gasteiger charge is 2.13. The third-order valence-electron chi connectivity index (χ3n) is 4.04. The van der Waals surface area contributed by atoms with Gasteiger partial charge in [-0.05, 0) is 29.0 Å². The van der Waals surface area contributed by atoms with Crippen LogP contribution >= 0.6 is 11.6 Å². The highest BCUT2D eigenvalue weighted by molar-refractivity contribution is 6.29. The fourth-order valence-corrected chi connectivity index (χ4v) is 3.06. The molecule has 0 N–H and O–H groups in total. The molecule has 26 heavy (non-hydrogen) atoms. The number of hydrogen-bond donors (Lipinski definition) is 0. The van der Waals surface area contributed by atoms with Crippen LogP contribution in [0.3, 0.4) is 0 Å². The standard InChI is InChI=1S/C20H12ClNO4/c21-17-9-13(7-8-22-17)20(24)25-11-14-10-18(23)26-16-6-5-12-3-1-2-4-15(12)19(14)16/h1-10H,11H2. The van der Waals surface area contributed by atoms with E-state index in [-0.39, 0.29) is 11.8 Å². The highest BCUT2D eigenvalue weighted by Crippen LogP contribution is 2.27. The van der Waals surface area contributed by atoms with Crippen molar-refractivity contribution >= 4 is 39.3 Å². The quantitative estimate of drug-likeness (QED) is 0.233. The molecule has 0 aliphatic rings. The normalized spacial score (nSPS) is 11.0. The molecule has 128 valence electrons. The Morgan fingerprint density at radius 1 is 1.12 bits per heavy atom. The lowest BCUT2D eigenvalue weighted by Crippen LogP contribution is -2.08. The van der Waals surface area contributed by atoms with Crippen LogP contribution in [0.1, 0.15) is 15.9 Å². The van der Waals surface area contributed by atoms with E-state index in [2.05, 4.69) is 4.98 Å². The molecule has 0 saturated heterocycles. The van der Waals surface area contributed by atoms with Gasteiger partial charge in [-0.1, -0.05) is 41.9 Å². The van der Waals surface area contributed by atoms with E-state index in [1.807, 2.05) is 30.3 Å². The fraction of sp³-hybridized carbons (Fsp3) is 0.0500. The summed E-state index contributed by atoms with van der Waals surface area (Å²) < 4.78 is 10.7. The Hall–Kier alpha value is -3.18. The molecule has 4 rings (SSSR count). The largest absolute Gasteiger partial charge is 0.457 e. The minimum atomic E-state index is -0.545. The Bertz CT molecular complexity index is 1200. The maximum atomic E-state index is 12.2. The third-order valence-corrected chi connectivity index (χ3v) is 4.24. The van der Waals surface area contributed by atoms with Gasteiger partial charge in [-0.25, -0.2) is 14.6 Å². The van der Waals surface area contributed by atoms with Gasteiger partial charge in [0.05, 0.1) is 5.56 Å². The first-order valence-corrected chi connectivity index (χ1v) is 8.23. The first kappa shape index (κ1) is 16.3. The van der Waals surface area contributed by atoms with Crippen molar-refractivity contribution in [2.75, 3.05) is 0 Å². The van der Waals surface area contributed by atoms with E-state index >= 15 is 0 Å². The molecule has 0 aliphatic carbocycles. The number of pyridine rings is 1. The number of carbonyl (C=O) groups is 1. The smallest absolute Gasteiger partial charge is 0.338 e. The topological polar surface area (TPSA) is 69.4 Å². The van der Waals surface area contributed by atoms with Crippen molar-refractivity contribution in [3.05, 3.63) is 87.5 Å². The van der Waals surface area contributed by atoms with Gasteiger partial charge in [-0.3, -0.25) is 0 Å². The molecule has 0 spiro atoms. The first-order valence-electron chi connectivity index (χ1n) is 7.85. The maximum Gasteiger partial charge on any atom is 0.338 e. The Morgan fingerprint density at radius 3 is 2.81 bits per heavy atom. The zero-order valence-corrected chi connectivity index (χ0v) is 14.2. The highest BCUT2D eigenvalue weighted by atomic mass is 35.5. The summed E-state index contributed by atoms with van der Waals surface area (Å²) in [6, 6.07) is 15.7. The molecule has 5 nitrogen and oxygen atoms in total. The summed E-state index contributed by atoms with van der Waals surface area (Å²) >= 11 is 5.80. The lowest BCUT2D eigenvalue weighted by Gasteiger charge is -2.09. The van der Waals surface area contributed by atoms with E-state index in [0.29, 0.717) is 16.7 Å². The second kappa shape index (κ2) is 6.61. The van der Waals surface area contributed by atoms with Crippen molar-refractivity contribution < 1.29 is 13.9 Å². The molecule has 2 aromatic heterocycles. The summed E-state index contributed by atoms with van der Waals surface area (Å²) in [5.74, 6) is -0.545. The molecular formula is C20H12ClNO4. The number of rotatable bonds is 3. The molecule has 4 aromatic rings. The number of benzene rings is 2. The van der Waals surface area contributed by atoms with Crippen LogP contribution in [-0.2, 0) is 11.3 Å². The van der Waals surface area contributed by atoms with Crippen molar-refractivity contribution in [2.45, 2.75) is 6.61 Å². The van der Waals surface area contributed by atoms with Gasteiger partial charge in [0.1, 0.15) is 17.3 Å². The van der Waals surface area contributed by atoms with Crippen molar-refractivity contribution in [3.63, 3.8) is 0 Å². The number of fused-ring (bicyclic) bond motifs is 3. The second-order valence-electron chi connectivity index (χ2n) is 5.69. The average molecular weight is 366 g/mol. The number of carbonyl (C=O) groups excluding carboxylic acids is 1. The first-order chi connectivity index (χ1) is 12.6. The van der Waals surface area contributed by atoms with Gasteiger partial charge >= 0.3 is 11.6 Å². The van der Waals surface area contributed by atoms with Gasteiger partial charge < -0.3 is 9.15 Å². The predicted molar refractivity (Wildman–Crippen MR) is 98.4 cm³/mol. The van der Waals surface area contributed by atoms with Crippen molar-refractivity contribution in [1.29, 1.82) is 0 Å². The molecule has 0 amide bonds. The van der Waals surface area contributed by atoms with E-state index in [0.717, 1.165) is 16.2 Å². The van der Waals surface area contributed by atoms with Crippen LogP contribution in [0.2, 0.25) is 5.15 Å². The molecule has 0 unspecified atom stereocenters. The fourth-order valence-electron chi connectivity index (χ4n) is 2.89. The molecule has 0 bridgehead atoms. The van der Waals surface area contributed by atoms with E-state index in [9.17, 15) is 9.59 Å². The average Bonchev–Trinajstić information content (AvgIpc) is 2.65. The number of halogens is 1. The Morgan fingerprint density at radius 2 is 1.96 bits per heavy atom. The molecule has 6 heteroatoms. The van der Waals surface area contributed by atoms with Gasteiger partial charge in [0, 0.05) is 23.2 Å². The summed E-state index contributed by atoms with van der Waals surface area (Å²) in [7, 11) is 0. The molecular weight excluding hydrogens is 354 g/mol. The zero-order valence-electron chi connectivity index (χ0n) is 13.4. The van der Waals surface area contributed by atoms with Crippen molar-refractivity contribution in [2.24, 2.45) is 0 Å². The van der Waals surface area contributed by atoms with Crippen LogP contribution in [0.15, 0.2) is 70.0 Å². The van der Waals surface area contributed by atoms with E-state index in [1.165, 1.54) is 24.4 Å². The maximum absolute atomic E-state index is 12.2. The number of esters is 1. The third kappa shape index (κ3) is 3.05. The van der Waals surface area contributed by atoms with Gasteiger partial charge in [0.15, 0.2) is 0 Å². The van der Waals surface area contributed by atoms with Gasteiger partial charge in [0.25, 0.3) is 0 Å². The summed E-state index contributed by atoms with van der Waals surface area (Å²) in [5.41, 5.74) is 0.837. The lowest BCUT2D eigenvalue weighted by atomic mass is 10.0. The number of ether oxygens (including phenoxy) is 1. The SMILES string of the molecule is O=C(OCc1cc(=O)oc2ccc3ccccc3c12)c1ccnc(Cl)c1. The van der Waals surface area contributed by atoms with Gasteiger partial charge in [-0.2, -0.15) is 0 Å². The number of nitrogens with zero attached hydrogens (tertiary/aromatic N) is 1. The van der Waals surface area contributed by atoms with Crippen LogP contribution < -0.4 is 5.63 Å². The molecule has 0 saturated carbocycles. The monoisotopic (exact) mass is 365 g/mol. The van der Waals surface area contributed by atoms with Crippen LogP contribution in [0, 0.1) is 0 Å². The second-order valence-corrected chi connectivity index (χ2v) is 6.08. The van der Waals surface area contributed by atoms with Gasteiger partial charge in [0.2, 0.25) is 0 Å². The van der Waals surface area contributed by atoms with Crippen LogP contribution in [0.4, 0.5) is 0 Å². The van der Waals surface area contributed by atoms with Crippen molar-refractivity contribution in [3.8, 4) is 0 Å². The molecule has 0 atom stereocenters. The molecule has 0 radical (unpaired) electrons. The minimum absolute atomic E-state index is 0.0606. The van der Waals surface area contributed by atoms with Crippen molar-refractivity contribution in [1.82, 2.24) is 4.98 Å². The zero-order chi connectivity index (χ0) is 18.1. The molecule has 0 fully saturated rings. The summed E-state index contributed by atoms with van der Waals surface area (Å²) in [6.45, 7) is -0.0606. The van der Waals surface area contributed by atoms with Crippen LogP contribution in [0.5, 0.6) is 0 Å². The van der Waals surface area contributed by atoms with E-state index in [4.69, 9.17) is 20.8 Å². The Labute approximate surface area is 152 Å². The number of hydrogen-bond acceptors (Lipinski definition) is 5. The number of aromatic nitrogens is 1. The molecule has 0 aliphatic heterocycles. The Kier molecular flexibility index (Phi) is 4.14. The van der Waals surface area contributed by atoms with Crippen LogP contribution in [0.25, 0.3) is 21.7 Å². The van der Waals surface area contributed by atoms with E-state index < -0.39 is 11.6 Å². The lowest BCUT2D eigenvalue weighted by molar-refractivity contribution is 0.0473. The molecule has 2 aromatic carbocycles. The Balaban J connectivity index is 1.75. The van der Waals surface area contributed by atoms with E-state index in [1.54, 1.807) is 6.07 Å². The summed E-state index contributed by atoms with van der Waals surface area (Å²) in [5, 5.41) is 2.88. The molecule has 2 heterocycles.